The molecule has 1 spiro atoms. The SMILES string of the molecule is FC(F)(F)c1ccc(CCCC[C@@]2(c3ccccn3)CCOC3(CCCC3)C2)cc1. The molecular weight excluding hydrogens is 387 g/mol. The van der Waals surface area contributed by atoms with Gasteiger partial charge in [-0.2, -0.15) is 13.2 Å². The summed E-state index contributed by atoms with van der Waals surface area (Å²) in [4.78, 5) is 4.74. The topological polar surface area (TPSA) is 22.1 Å². The largest absolute Gasteiger partial charge is 0.416 e. The highest BCUT2D eigenvalue weighted by atomic mass is 19.4. The number of aromatic nitrogens is 1. The third kappa shape index (κ3) is 4.72. The van der Waals surface area contributed by atoms with Crippen molar-refractivity contribution in [2.75, 3.05) is 6.61 Å². The number of pyridine rings is 1. The van der Waals surface area contributed by atoms with Gasteiger partial charge in [-0.1, -0.05) is 37.5 Å². The van der Waals surface area contributed by atoms with Gasteiger partial charge in [0.15, 0.2) is 0 Å². The van der Waals surface area contributed by atoms with Crippen molar-refractivity contribution in [3.63, 3.8) is 0 Å². The Morgan fingerprint density at radius 2 is 1.70 bits per heavy atom. The van der Waals surface area contributed by atoms with Gasteiger partial charge in [0.25, 0.3) is 0 Å². The van der Waals surface area contributed by atoms with Crippen molar-refractivity contribution in [2.45, 2.75) is 81.4 Å². The molecule has 1 atom stereocenters. The molecule has 1 aromatic heterocycles. The molecule has 2 fully saturated rings. The van der Waals surface area contributed by atoms with Crippen LogP contribution in [0.3, 0.4) is 0 Å². The Balaban J connectivity index is 1.41. The lowest BCUT2D eigenvalue weighted by molar-refractivity contribution is -0.137. The second kappa shape index (κ2) is 8.70. The molecule has 2 aromatic rings. The summed E-state index contributed by atoms with van der Waals surface area (Å²) in [5.74, 6) is 0. The number of halogens is 3. The molecule has 0 radical (unpaired) electrons. The summed E-state index contributed by atoms with van der Waals surface area (Å²) in [5.41, 5.74) is 1.63. The fourth-order valence-electron chi connectivity index (χ4n) is 5.45. The summed E-state index contributed by atoms with van der Waals surface area (Å²) in [5, 5.41) is 0. The maximum atomic E-state index is 12.7. The van der Waals surface area contributed by atoms with Crippen LogP contribution in [0.25, 0.3) is 0 Å². The van der Waals surface area contributed by atoms with Crippen molar-refractivity contribution in [3.05, 3.63) is 65.5 Å². The number of hydrogen-bond acceptors (Lipinski definition) is 2. The van der Waals surface area contributed by atoms with Crippen LogP contribution in [0.15, 0.2) is 48.7 Å². The summed E-state index contributed by atoms with van der Waals surface area (Å²) < 4.78 is 44.5. The van der Waals surface area contributed by atoms with Crippen molar-refractivity contribution in [1.82, 2.24) is 4.98 Å². The zero-order chi connectivity index (χ0) is 21.1. The number of alkyl halides is 3. The summed E-state index contributed by atoms with van der Waals surface area (Å²) >= 11 is 0. The first-order valence-electron chi connectivity index (χ1n) is 11.1. The number of aryl methyl sites for hydroxylation is 1. The fourth-order valence-corrected chi connectivity index (χ4v) is 5.45. The molecule has 0 N–H and O–H groups in total. The normalized spacial score (nSPS) is 23.7. The van der Waals surface area contributed by atoms with Crippen LogP contribution in [0.5, 0.6) is 0 Å². The standard InChI is InChI=1S/C25H30F3NO/c26-25(27,28)21-11-9-20(10-12-21)7-1-3-13-23(22-8-2-6-17-29-22)16-18-30-24(19-23)14-4-5-15-24/h2,6,8-12,17H,1,3-5,7,13-16,18-19H2/t23-/m1/s1. The number of unbranched alkanes of at least 4 members (excludes halogenated alkanes) is 1. The van der Waals surface area contributed by atoms with E-state index in [9.17, 15) is 13.2 Å². The third-order valence-corrected chi connectivity index (χ3v) is 7.02. The van der Waals surface area contributed by atoms with Gasteiger partial charge >= 0.3 is 6.18 Å². The van der Waals surface area contributed by atoms with Gasteiger partial charge in [-0.15, -0.1) is 0 Å². The lowest BCUT2D eigenvalue weighted by Crippen LogP contribution is -2.46. The summed E-state index contributed by atoms with van der Waals surface area (Å²) in [6.45, 7) is 0.787. The predicted molar refractivity (Wildman–Crippen MR) is 111 cm³/mol. The fraction of sp³-hybridized carbons (Fsp3) is 0.560. The molecule has 2 aliphatic rings. The molecule has 2 nitrogen and oxygen atoms in total. The molecule has 4 rings (SSSR count). The lowest BCUT2D eigenvalue weighted by Gasteiger charge is -2.46. The molecule has 2 heterocycles. The van der Waals surface area contributed by atoms with Crippen LogP contribution < -0.4 is 0 Å². The van der Waals surface area contributed by atoms with Gasteiger partial charge in [0, 0.05) is 23.9 Å². The summed E-state index contributed by atoms with van der Waals surface area (Å²) in [6, 6.07) is 11.8. The van der Waals surface area contributed by atoms with Crippen LogP contribution in [0.4, 0.5) is 13.2 Å². The van der Waals surface area contributed by atoms with E-state index in [0.29, 0.717) is 0 Å². The van der Waals surface area contributed by atoms with Crippen molar-refractivity contribution in [3.8, 4) is 0 Å². The molecule has 1 saturated heterocycles. The van der Waals surface area contributed by atoms with Gasteiger partial charge in [0.05, 0.1) is 11.2 Å². The highest BCUT2D eigenvalue weighted by Crippen LogP contribution is 2.50. The number of ether oxygens (including phenoxy) is 1. The minimum atomic E-state index is -4.27. The highest BCUT2D eigenvalue weighted by Gasteiger charge is 2.48. The maximum absolute atomic E-state index is 12.7. The lowest BCUT2D eigenvalue weighted by atomic mass is 9.67. The Morgan fingerprint density at radius 1 is 0.933 bits per heavy atom. The quantitative estimate of drug-likeness (QED) is 0.478. The van der Waals surface area contributed by atoms with Crippen molar-refractivity contribution < 1.29 is 17.9 Å². The van der Waals surface area contributed by atoms with E-state index in [1.165, 1.54) is 30.7 Å². The smallest absolute Gasteiger partial charge is 0.375 e. The number of rotatable bonds is 6. The van der Waals surface area contributed by atoms with Crippen LogP contribution in [0.2, 0.25) is 0 Å². The average molecular weight is 418 g/mol. The molecule has 162 valence electrons. The van der Waals surface area contributed by atoms with Gasteiger partial charge in [-0.3, -0.25) is 4.98 Å². The number of nitrogens with zero attached hydrogens (tertiary/aromatic N) is 1. The molecule has 30 heavy (non-hydrogen) atoms. The Morgan fingerprint density at radius 3 is 2.37 bits per heavy atom. The van der Waals surface area contributed by atoms with E-state index in [1.54, 1.807) is 12.1 Å². The Kier molecular flexibility index (Phi) is 6.19. The van der Waals surface area contributed by atoms with Crippen LogP contribution in [-0.4, -0.2) is 17.2 Å². The monoisotopic (exact) mass is 417 g/mol. The highest BCUT2D eigenvalue weighted by molar-refractivity contribution is 5.25. The van der Waals surface area contributed by atoms with Gasteiger partial charge in [-0.25, -0.2) is 0 Å². The zero-order valence-corrected chi connectivity index (χ0v) is 17.4. The average Bonchev–Trinajstić information content (AvgIpc) is 3.19. The van der Waals surface area contributed by atoms with Crippen LogP contribution in [0.1, 0.15) is 74.6 Å². The zero-order valence-electron chi connectivity index (χ0n) is 17.4. The van der Waals surface area contributed by atoms with Crippen LogP contribution in [0, 0.1) is 0 Å². The number of hydrogen-bond donors (Lipinski definition) is 0. The van der Waals surface area contributed by atoms with E-state index in [0.717, 1.165) is 63.5 Å². The first kappa shape index (κ1) is 21.4. The minimum absolute atomic E-state index is 0.0171. The molecular formula is C25H30F3NO. The van der Waals surface area contributed by atoms with Gasteiger partial charge in [-0.05, 0) is 74.8 Å². The molecule has 1 aliphatic heterocycles. The van der Waals surface area contributed by atoms with Gasteiger partial charge in [0.2, 0.25) is 0 Å². The first-order valence-corrected chi connectivity index (χ1v) is 11.1. The van der Waals surface area contributed by atoms with E-state index in [1.807, 2.05) is 12.3 Å². The Bertz CT molecular complexity index is 813. The van der Waals surface area contributed by atoms with E-state index in [4.69, 9.17) is 9.72 Å². The summed E-state index contributed by atoms with van der Waals surface area (Å²) in [6.07, 6.45) is 8.28. The Labute approximate surface area is 176 Å². The van der Waals surface area contributed by atoms with E-state index in [-0.39, 0.29) is 11.0 Å². The molecule has 0 bridgehead atoms. The first-order chi connectivity index (χ1) is 14.4. The van der Waals surface area contributed by atoms with Crippen molar-refractivity contribution in [2.24, 2.45) is 0 Å². The van der Waals surface area contributed by atoms with Gasteiger partial charge in [0.1, 0.15) is 0 Å². The van der Waals surface area contributed by atoms with Crippen molar-refractivity contribution in [1.29, 1.82) is 0 Å². The molecule has 1 saturated carbocycles. The molecule has 1 aliphatic carbocycles. The molecule has 1 aromatic carbocycles. The van der Waals surface area contributed by atoms with E-state index >= 15 is 0 Å². The predicted octanol–water partition coefficient (Wildman–Crippen LogP) is 6.87. The van der Waals surface area contributed by atoms with Crippen LogP contribution in [-0.2, 0) is 22.7 Å². The maximum Gasteiger partial charge on any atom is 0.416 e. The molecule has 5 heteroatoms. The Hall–Kier alpha value is -1.88. The second-order valence-corrected chi connectivity index (χ2v) is 9.06. The third-order valence-electron chi connectivity index (χ3n) is 7.02. The van der Waals surface area contributed by atoms with Crippen LogP contribution >= 0.6 is 0 Å². The van der Waals surface area contributed by atoms with E-state index in [2.05, 4.69) is 12.1 Å². The molecule has 0 unspecified atom stereocenters. The van der Waals surface area contributed by atoms with Crippen molar-refractivity contribution >= 4 is 0 Å². The van der Waals surface area contributed by atoms with E-state index < -0.39 is 11.7 Å². The minimum Gasteiger partial charge on any atom is -0.375 e. The molecule has 0 amide bonds. The van der Waals surface area contributed by atoms with Gasteiger partial charge < -0.3 is 4.74 Å². The summed E-state index contributed by atoms with van der Waals surface area (Å²) in [7, 11) is 0. The second-order valence-electron chi connectivity index (χ2n) is 9.06. The number of benzene rings is 1.